The van der Waals surface area contributed by atoms with Gasteiger partial charge in [-0.25, -0.2) is 5.43 Å². The van der Waals surface area contributed by atoms with Crippen LogP contribution >= 0.6 is 27.3 Å². The lowest BCUT2D eigenvalue weighted by atomic mass is 10.2. The van der Waals surface area contributed by atoms with E-state index in [4.69, 9.17) is 9.47 Å². The predicted molar refractivity (Wildman–Crippen MR) is 104 cm³/mol. The maximum atomic E-state index is 12.2. The Bertz CT molecular complexity index is 920. The summed E-state index contributed by atoms with van der Waals surface area (Å²) < 4.78 is 12.4. The second-order valence-electron chi connectivity index (χ2n) is 5.09. The van der Waals surface area contributed by atoms with Crippen LogP contribution in [0.15, 0.2) is 52.0 Å². The van der Waals surface area contributed by atoms with Crippen LogP contribution in [0.25, 0.3) is 10.1 Å². The van der Waals surface area contributed by atoms with Crippen LogP contribution in [0.4, 0.5) is 0 Å². The van der Waals surface area contributed by atoms with Gasteiger partial charge in [0, 0.05) is 4.70 Å². The zero-order chi connectivity index (χ0) is 17.8. The maximum absolute atomic E-state index is 12.2. The number of methoxy groups -OCH3 is 2. The summed E-state index contributed by atoms with van der Waals surface area (Å²) in [4.78, 5) is 12.8. The molecule has 128 valence electrons. The Morgan fingerprint density at radius 1 is 1.20 bits per heavy atom. The normalized spacial score (nSPS) is 11.0. The number of hydrazone groups is 1. The Hall–Kier alpha value is -2.38. The lowest BCUT2D eigenvalue weighted by molar-refractivity contribution is 0.0959. The molecule has 3 aromatic rings. The number of halogens is 1. The summed E-state index contributed by atoms with van der Waals surface area (Å²) in [7, 11) is 3.13. The van der Waals surface area contributed by atoms with Crippen LogP contribution in [-0.4, -0.2) is 26.3 Å². The third-order valence-corrected chi connectivity index (χ3v) is 5.19. The Balaban J connectivity index is 1.74. The minimum absolute atomic E-state index is 0.239. The molecule has 0 bridgehead atoms. The van der Waals surface area contributed by atoms with E-state index in [0.29, 0.717) is 16.4 Å². The van der Waals surface area contributed by atoms with Crippen LogP contribution in [0.2, 0.25) is 0 Å². The fourth-order valence-corrected chi connectivity index (χ4v) is 3.90. The van der Waals surface area contributed by atoms with E-state index in [1.165, 1.54) is 11.3 Å². The van der Waals surface area contributed by atoms with Crippen molar-refractivity contribution in [2.45, 2.75) is 0 Å². The number of hydrogen-bond donors (Lipinski definition) is 1. The molecule has 2 aromatic carbocycles. The molecule has 0 aliphatic carbocycles. The molecule has 7 heteroatoms. The van der Waals surface area contributed by atoms with Crippen molar-refractivity contribution < 1.29 is 14.3 Å². The lowest BCUT2D eigenvalue weighted by Gasteiger charge is -2.10. The van der Waals surface area contributed by atoms with Crippen molar-refractivity contribution in [3.8, 4) is 11.5 Å². The Morgan fingerprint density at radius 2 is 2.00 bits per heavy atom. The fraction of sp³-hybridized carbons (Fsp3) is 0.111. The van der Waals surface area contributed by atoms with E-state index >= 15 is 0 Å². The van der Waals surface area contributed by atoms with E-state index in [1.54, 1.807) is 26.5 Å². The molecule has 1 heterocycles. The number of amides is 1. The number of nitrogens with one attached hydrogen (secondary N) is 1. The van der Waals surface area contributed by atoms with Gasteiger partial charge in [-0.05, 0) is 51.1 Å². The zero-order valence-corrected chi connectivity index (χ0v) is 16.0. The van der Waals surface area contributed by atoms with Gasteiger partial charge < -0.3 is 9.47 Å². The Labute approximate surface area is 157 Å². The number of ether oxygens (including phenoxy) is 2. The average Bonchev–Trinajstić information content (AvgIpc) is 3.05. The second kappa shape index (κ2) is 7.67. The van der Waals surface area contributed by atoms with Crippen molar-refractivity contribution in [3.05, 3.63) is 57.4 Å². The monoisotopic (exact) mass is 418 g/mol. The molecule has 0 saturated carbocycles. The largest absolute Gasteiger partial charge is 0.493 e. The fourth-order valence-electron chi connectivity index (χ4n) is 2.33. The number of fused-ring (bicyclic) bond motifs is 1. The summed E-state index contributed by atoms with van der Waals surface area (Å²) >= 11 is 4.86. The zero-order valence-electron chi connectivity index (χ0n) is 13.6. The van der Waals surface area contributed by atoms with Crippen molar-refractivity contribution in [2.75, 3.05) is 14.2 Å². The van der Waals surface area contributed by atoms with Gasteiger partial charge in [0.2, 0.25) is 0 Å². The van der Waals surface area contributed by atoms with Crippen molar-refractivity contribution in [1.82, 2.24) is 5.43 Å². The summed E-state index contributed by atoms with van der Waals surface area (Å²) in [6, 6.07) is 13.3. The van der Waals surface area contributed by atoms with E-state index < -0.39 is 0 Å². The first-order chi connectivity index (χ1) is 12.1. The highest BCUT2D eigenvalue weighted by Crippen LogP contribution is 2.35. The molecule has 0 atom stereocenters. The molecule has 0 radical (unpaired) electrons. The first-order valence-electron chi connectivity index (χ1n) is 7.36. The summed E-state index contributed by atoms with van der Waals surface area (Å²) in [6.07, 6.45) is 1.55. The summed E-state index contributed by atoms with van der Waals surface area (Å²) in [5.74, 6) is 0.945. The van der Waals surface area contributed by atoms with Gasteiger partial charge in [-0.1, -0.05) is 18.2 Å². The third kappa shape index (κ3) is 3.83. The molecule has 0 saturated heterocycles. The quantitative estimate of drug-likeness (QED) is 0.491. The molecule has 0 aliphatic heterocycles. The van der Waals surface area contributed by atoms with Crippen molar-refractivity contribution in [2.24, 2.45) is 5.10 Å². The maximum Gasteiger partial charge on any atom is 0.281 e. The highest BCUT2D eigenvalue weighted by Gasteiger charge is 2.11. The van der Waals surface area contributed by atoms with Gasteiger partial charge in [-0.15, -0.1) is 11.3 Å². The van der Waals surface area contributed by atoms with E-state index in [9.17, 15) is 4.79 Å². The van der Waals surface area contributed by atoms with Gasteiger partial charge in [0.05, 0.1) is 29.8 Å². The topological polar surface area (TPSA) is 59.9 Å². The van der Waals surface area contributed by atoms with Gasteiger partial charge >= 0.3 is 0 Å². The first kappa shape index (κ1) is 17.4. The molecule has 25 heavy (non-hydrogen) atoms. The third-order valence-electron chi connectivity index (χ3n) is 3.48. The van der Waals surface area contributed by atoms with Crippen LogP contribution in [0, 0.1) is 0 Å². The highest BCUT2D eigenvalue weighted by atomic mass is 79.9. The number of benzene rings is 2. The number of thiophene rings is 1. The Kier molecular flexibility index (Phi) is 5.35. The van der Waals surface area contributed by atoms with Crippen molar-refractivity contribution >= 4 is 49.5 Å². The van der Waals surface area contributed by atoms with E-state index in [1.807, 2.05) is 36.4 Å². The number of hydrogen-bond acceptors (Lipinski definition) is 5. The molecule has 5 nitrogen and oxygen atoms in total. The molecule has 1 aromatic heterocycles. The molecular weight excluding hydrogens is 404 g/mol. The molecular formula is C18H15BrN2O3S. The minimum atomic E-state index is -0.239. The van der Waals surface area contributed by atoms with E-state index in [2.05, 4.69) is 26.5 Å². The van der Waals surface area contributed by atoms with Gasteiger partial charge in [0.1, 0.15) is 0 Å². The molecule has 1 N–H and O–H groups in total. The highest BCUT2D eigenvalue weighted by molar-refractivity contribution is 9.10. The van der Waals surface area contributed by atoms with Crippen molar-refractivity contribution in [1.29, 1.82) is 0 Å². The van der Waals surface area contributed by atoms with Crippen LogP contribution in [0.3, 0.4) is 0 Å². The lowest BCUT2D eigenvalue weighted by Crippen LogP contribution is -2.16. The molecule has 0 unspecified atom stereocenters. The summed E-state index contributed by atoms with van der Waals surface area (Å²) in [6.45, 7) is 0. The standard InChI is InChI=1S/C18H15BrN2O3S/c1-23-14-8-11(7-13(19)17(14)24-2)10-20-21-18(22)16-9-12-5-3-4-6-15(12)25-16/h3-10H,1-2H3,(H,21,22). The number of carbonyl (C=O) groups excluding carboxylic acids is 1. The average molecular weight is 419 g/mol. The second-order valence-corrected chi connectivity index (χ2v) is 7.02. The van der Waals surface area contributed by atoms with E-state index in [-0.39, 0.29) is 5.91 Å². The van der Waals surface area contributed by atoms with Gasteiger partial charge in [0.15, 0.2) is 11.5 Å². The number of carbonyl (C=O) groups is 1. The molecule has 0 fully saturated rings. The molecule has 0 spiro atoms. The van der Waals surface area contributed by atoms with E-state index in [0.717, 1.165) is 20.1 Å². The minimum Gasteiger partial charge on any atom is -0.493 e. The number of rotatable bonds is 5. The summed E-state index contributed by atoms with van der Waals surface area (Å²) in [5, 5.41) is 5.07. The smallest absolute Gasteiger partial charge is 0.281 e. The van der Waals surface area contributed by atoms with Crippen LogP contribution < -0.4 is 14.9 Å². The molecule has 1 amide bonds. The van der Waals surface area contributed by atoms with Gasteiger partial charge in [-0.2, -0.15) is 5.10 Å². The van der Waals surface area contributed by atoms with Crippen LogP contribution in [-0.2, 0) is 0 Å². The SMILES string of the molecule is COc1cc(C=NNC(=O)c2cc3ccccc3s2)cc(Br)c1OC. The first-order valence-corrected chi connectivity index (χ1v) is 8.97. The van der Waals surface area contributed by atoms with Crippen LogP contribution in [0.5, 0.6) is 11.5 Å². The molecule has 0 aliphatic rings. The van der Waals surface area contributed by atoms with Gasteiger partial charge in [0.25, 0.3) is 5.91 Å². The Morgan fingerprint density at radius 3 is 2.72 bits per heavy atom. The van der Waals surface area contributed by atoms with Crippen molar-refractivity contribution in [3.63, 3.8) is 0 Å². The van der Waals surface area contributed by atoms with Gasteiger partial charge in [-0.3, -0.25) is 4.79 Å². The number of nitrogens with zero attached hydrogens (tertiary/aromatic N) is 1. The molecule has 3 rings (SSSR count). The summed E-state index contributed by atoms with van der Waals surface area (Å²) in [5.41, 5.74) is 3.31. The van der Waals surface area contributed by atoms with Crippen LogP contribution in [0.1, 0.15) is 15.2 Å². The predicted octanol–water partition coefficient (Wildman–Crippen LogP) is 4.44.